The summed E-state index contributed by atoms with van der Waals surface area (Å²) in [5.41, 5.74) is 3.22. The van der Waals surface area contributed by atoms with E-state index in [1.807, 2.05) is 16.4 Å². The number of rotatable bonds is 9. The average molecular weight is 281 g/mol. The quantitative estimate of drug-likeness (QED) is 0.361. The van der Waals surface area contributed by atoms with Crippen molar-refractivity contribution in [2.75, 3.05) is 57.5 Å². The van der Waals surface area contributed by atoms with Crippen LogP contribution in [0.1, 0.15) is 6.92 Å². The molecule has 0 aliphatic carbocycles. The second-order valence-electron chi connectivity index (χ2n) is 3.55. The highest BCUT2D eigenvalue weighted by Gasteiger charge is 2.10. The number of hydrogen-bond donors (Lipinski definition) is 2. The molecule has 1 saturated heterocycles. The predicted molar refractivity (Wildman–Crippen MR) is 74.8 cm³/mol. The molecule has 2 N–H and O–H groups in total. The van der Waals surface area contributed by atoms with Gasteiger partial charge in [0.25, 0.3) is 0 Å². The van der Waals surface area contributed by atoms with Crippen molar-refractivity contribution in [3.8, 4) is 0 Å². The molecule has 102 valence electrons. The number of aliphatic hydroxyl groups excluding tert-OH is 1. The van der Waals surface area contributed by atoms with Gasteiger partial charge in [0.05, 0.1) is 19.8 Å². The van der Waals surface area contributed by atoms with Crippen LogP contribution in [-0.4, -0.2) is 71.3 Å². The molecule has 0 aromatic heterocycles. The van der Waals surface area contributed by atoms with Crippen LogP contribution in [0.25, 0.3) is 0 Å². The van der Waals surface area contributed by atoms with Crippen molar-refractivity contribution < 1.29 is 9.84 Å². The highest BCUT2D eigenvalue weighted by atomic mass is 32.2. The van der Waals surface area contributed by atoms with Gasteiger partial charge in [-0.05, 0) is 0 Å². The second kappa shape index (κ2) is 10.4. The summed E-state index contributed by atoms with van der Waals surface area (Å²) in [4.78, 5) is 0. The molecule has 0 amide bonds. The third-order valence-corrected chi connectivity index (χ3v) is 4.60. The Morgan fingerprint density at radius 1 is 1.35 bits per heavy atom. The van der Waals surface area contributed by atoms with Crippen molar-refractivity contribution in [2.24, 2.45) is 0 Å². The molecular weight excluding hydrogens is 258 g/mol. The maximum Gasteiger partial charge on any atom is 0.0603 e. The van der Waals surface area contributed by atoms with E-state index in [9.17, 15) is 0 Å². The number of hydrogen-bond acceptors (Lipinski definition) is 7. The van der Waals surface area contributed by atoms with Crippen molar-refractivity contribution in [1.82, 2.24) is 14.1 Å². The van der Waals surface area contributed by atoms with Crippen LogP contribution in [0, 0.1) is 0 Å². The van der Waals surface area contributed by atoms with Crippen molar-refractivity contribution in [3.63, 3.8) is 0 Å². The second-order valence-corrected chi connectivity index (χ2v) is 5.84. The first-order chi connectivity index (χ1) is 8.36. The Morgan fingerprint density at radius 3 is 2.76 bits per heavy atom. The van der Waals surface area contributed by atoms with Gasteiger partial charge in [0.1, 0.15) is 0 Å². The Kier molecular flexibility index (Phi) is 9.54. The predicted octanol–water partition coefficient (Wildman–Crippen LogP) is 0.434. The first-order valence-electron chi connectivity index (χ1n) is 6.07. The monoisotopic (exact) mass is 281 g/mol. The minimum atomic E-state index is 0.191. The topological polar surface area (TPSA) is 48.0 Å². The Hall–Kier alpha value is 0.500. The van der Waals surface area contributed by atoms with E-state index in [-0.39, 0.29) is 6.61 Å². The largest absolute Gasteiger partial charge is 0.395 e. The molecule has 0 aromatic carbocycles. The molecular formula is C10H23N3O2S2. The lowest BCUT2D eigenvalue weighted by atomic mass is 10.5. The van der Waals surface area contributed by atoms with Crippen LogP contribution < -0.4 is 5.43 Å². The zero-order valence-electron chi connectivity index (χ0n) is 10.4. The van der Waals surface area contributed by atoms with Gasteiger partial charge < -0.3 is 9.84 Å². The molecule has 17 heavy (non-hydrogen) atoms. The number of morpholine rings is 1. The molecule has 0 bridgehead atoms. The van der Waals surface area contributed by atoms with Gasteiger partial charge in [-0.25, -0.2) is 9.73 Å². The van der Waals surface area contributed by atoms with Crippen LogP contribution in [-0.2, 0) is 4.74 Å². The molecule has 0 spiro atoms. The first kappa shape index (κ1) is 15.6. The van der Waals surface area contributed by atoms with Crippen LogP contribution in [0.2, 0.25) is 0 Å². The number of nitrogens with one attached hydrogen (secondary N) is 1. The number of ether oxygens (including phenoxy) is 1. The van der Waals surface area contributed by atoms with Crippen molar-refractivity contribution >= 4 is 23.9 Å². The molecule has 1 fully saturated rings. The zero-order valence-corrected chi connectivity index (χ0v) is 12.1. The number of aliphatic hydroxyl groups is 1. The summed E-state index contributed by atoms with van der Waals surface area (Å²) in [5.74, 6) is 2.15. The van der Waals surface area contributed by atoms with E-state index in [4.69, 9.17) is 9.84 Å². The Bertz CT molecular complexity index is 177. The maximum absolute atomic E-state index is 8.90. The molecule has 5 nitrogen and oxygen atoms in total. The summed E-state index contributed by atoms with van der Waals surface area (Å²) < 4.78 is 9.68. The summed E-state index contributed by atoms with van der Waals surface area (Å²) >= 11 is 3.63. The summed E-state index contributed by atoms with van der Waals surface area (Å²) in [6.07, 6.45) is 0. The Morgan fingerprint density at radius 2 is 2.12 bits per heavy atom. The van der Waals surface area contributed by atoms with E-state index in [0.717, 1.165) is 44.4 Å². The molecule has 0 atom stereocenters. The molecule has 1 heterocycles. The molecule has 0 saturated carbocycles. The Balaban J connectivity index is 2.00. The van der Waals surface area contributed by atoms with Gasteiger partial charge >= 0.3 is 0 Å². The number of hydrazine groups is 1. The number of nitrogens with zero attached hydrogens (tertiary/aromatic N) is 2. The van der Waals surface area contributed by atoms with Gasteiger partial charge in [-0.3, -0.25) is 0 Å². The van der Waals surface area contributed by atoms with Gasteiger partial charge in [0.2, 0.25) is 0 Å². The summed E-state index contributed by atoms with van der Waals surface area (Å²) in [7, 11) is 0. The first-order valence-corrected chi connectivity index (χ1v) is 7.95. The molecule has 1 rings (SSSR count). The third kappa shape index (κ3) is 7.50. The maximum atomic E-state index is 8.90. The Labute approximate surface area is 112 Å². The van der Waals surface area contributed by atoms with Gasteiger partial charge in [-0.2, -0.15) is 4.41 Å². The fourth-order valence-corrected chi connectivity index (χ4v) is 3.36. The molecule has 0 unspecified atom stereocenters. The van der Waals surface area contributed by atoms with E-state index in [1.54, 1.807) is 11.9 Å². The lowest BCUT2D eigenvalue weighted by molar-refractivity contribution is 0.0774. The summed E-state index contributed by atoms with van der Waals surface area (Å²) in [5, 5.41) is 8.90. The molecule has 0 aromatic rings. The van der Waals surface area contributed by atoms with Crippen LogP contribution in [0.5, 0.6) is 0 Å². The van der Waals surface area contributed by atoms with Crippen molar-refractivity contribution in [2.45, 2.75) is 6.92 Å². The fraction of sp³-hybridized carbons (Fsp3) is 1.00. The minimum absolute atomic E-state index is 0.191. The molecule has 1 aliphatic heterocycles. The van der Waals surface area contributed by atoms with Crippen molar-refractivity contribution in [1.29, 1.82) is 0 Å². The summed E-state index contributed by atoms with van der Waals surface area (Å²) in [6, 6.07) is 0. The van der Waals surface area contributed by atoms with Crippen LogP contribution >= 0.6 is 23.9 Å². The SMILES string of the molecule is CCNN(CCO)SCCSN1CCOCC1. The van der Waals surface area contributed by atoms with E-state index >= 15 is 0 Å². The van der Waals surface area contributed by atoms with E-state index in [0.29, 0.717) is 6.54 Å². The van der Waals surface area contributed by atoms with E-state index < -0.39 is 0 Å². The highest BCUT2D eigenvalue weighted by molar-refractivity contribution is 8.00. The fourth-order valence-electron chi connectivity index (χ4n) is 1.45. The van der Waals surface area contributed by atoms with Crippen LogP contribution in [0.3, 0.4) is 0 Å². The smallest absolute Gasteiger partial charge is 0.0603 e. The summed E-state index contributed by atoms with van der Waals surface area (Å²) in [6.45, 7) is 7.59. The lowest BCUT2D eigenvalue weighted by Gasteiger charge is -2.26. The van der Waals surface area contributed by atoms with Crippen molar-refractivity contribution in [3.05, 3.63) is 0 Å². The standard InChI is InChI=1S/C10H23N3O2S2/c1-2-11-13(3-6-14)17-10-9-16-12-4-7-15-8-5-12/h11,14H,2-10H2,1H3. The van der Waals surface area contributed by atoms with E-state index in [2.05, 4.69) is 16.7 Å². The highest BCUT2D eigenvalue weighted by Crippen LogP contribution is 2.15. The lowest BCUT2D eigenvalue weighted by Crippen LogP contribution is -2.35. The van der Waals surface area contributed by atoms with E-state index in [1.165, 1.54) is 0 Å². The molecule has 7 heteroatoms. The van der Waals surface area contributed by atoms with Gasteiger partial charge in [-0.1, -0.05) is 30.8 Å². The average Bonchev–Trinajstić information content (AvgIpc) is 2.36. The normalized spacial score (nSPS) is 17.8. The van der Waals surface area contributed by atoms with Gasteiger partial charge in [0.15, 0.2) is 0 Å². The van der Waals surface area contributed by atoms with Crippen LogP contribution in [0.15, 0.2) is 0 Å². The minimum Gasteiger partial charge on any atom is -0.395 e. The zero-order chi connectivity index (χ0) is 12.3. The molecule has 0 radical (unpaired) electrons. The van der Waals surface area contributed by atoms with Crippen LogP contribution in [0.4, 0.5) is 0 Å². The van der Waals surface area contributed by atoms with Gasteiger partial charge in [0, 0.05) is 37.7 Å². The third-order valence-electron chi connectivity index (χ3n) is 2.21. The molecule has 1 aliphatic rings. The van der Waals surface area contributed by atoms with Gasteiger partial charge in [-0.15, -0.1) is 0 Å².